The minimum atomic E-state index is -0.350. The van der Waals surface area contributed by atoms with Crippen molar-refractivity contribution in [1.82, 2.24) is 10.6 Å². The van der Waals surface area contributed by atoms with Crippen LogP contribution in [0.25, 0.3) is 0 Å². The Hall–Kier alpha value is -1.51. The Morgan fingerprint density at radius 2 is 2.13 bits per heavy atom. The van der Waals surface area contributed by atoms with Gasteiger partial charge in [-0.15, -0.1) is 24.0 Å². The highest BCUT2D eigenvalue weighted by Crippen LogP contribution is 2.12. The molecule has 1 heterocycles. The summed E-state index contributed by atoms with van der Waals surface area (Å²) in [7, 11) is 0. The van der Waals surface area contributed by atoms with Gasteiger partial charge in [0.15, 0.2) is 12.6 Å². The number of nitrogens with zero attached hydrogens (tertiary/aromatic N) is 1. The summed E-state index contributed by atoms with van der Waals surface area (Å²) in [5.74, 6) is 1.21. The zero-order valence-electron chi connectivity index (χ0n) is 13.3. The number of aliphatic imine (C=N–C) groups is 1. The highest BCUT2D eigenvalue weighted by atomic mass is 127. The molecule has 0 radical (unpaired) electrons. The molecule has 1 aliphatic rings. The second-order valence-corrected chi connectivity index (χ2v) is 4.93. The lowest BCUT2D eigenvalue weighted by Gasteiger charge is -2.15. The number of nitrogens with one attached hydrogen (secondary N) is 2. The fraction of sp³-hybridized carbons (Fsp3) is 0.500. The van der Waals surface area contributed by atoms with Crippen molar-refractivity contribution in [1.29, 1.82) is 0 Å². The molecule has 0 aromatic heterocycles. The monoisotopic (exact) mass is 433 g/mol. The summed E-state index contributed by atoms with van der Waals surface area (Å²) in [5.41, 5.74) is 1.20. The number of ether oxygens (including phenoxy) is 2. The molecule has 0 saturated heterocycles. The minimum Gasteiger partial charge on any atom is -0.482 e. The molecule has 0 amide bonds. The fourth-order valence-corrected chi connectivity index (χ4v) is 2.07. The largest absolute Gasteiger partial charge is 0.482 e. The number of carbonyl (C=O) groups is 1. The van der Waals surface area contributed by atoms with Crippen molar-refractivity contribution >= 4 is 35.9 Å². The normalized spacial score (nSPS) is 13.2. The Morgan fingerprint density at radius 1 is 1.35 bits per heavy atom. The molecule has 1 aromatic carbocycles. The summed E-state index contributed by atoms with van der Waals surface area (Å²) in [6, 6.07) is 7.73. The van der Waals surface area contributed by atoms with E-state index in [1.807, 2.05) is 24.3 Å². The molecule has 0 atom stereocenters. The molecule has 23 heavy (non-hydrogen) atoms. The smallest absolute Gasteiger partial charge is 0.344 e. The van der Waals surface area contributed by atoms with Crippen LogP contribution in [-0.2, 0) is 16.0 Å². The molecule has 0 aliphatic carbocycles. The molecule has 0 spiro atoms. The summed E-state index contributed by atoms with van der Waals surface area (Å²) < 4.78 is 10.2. The van der Waals surface area contributed by atoms with Gasteiger partial charge in [-0.3, -0.25) is 4.99 Å². The van der Waals surface area contributed by atoms with E-state index >= 15 is 0 Å². The van der Waals surface area contributed by atoms with Crippen LogP contribution in [0.5, 0.6) is 5.75 Å². The van der Waals surface area contributed by atoms with E-state index in [9.17, 15) is 4.79 Å². The van der Waals surface area contributed by atoms with Crippen LogP contribution in [0.3, 0.4) is 0 Å². The summed E-state index contributed by atoms with van der Waals surface area (Å²) >= 11 is 0. The van der Waals surface area contributed by atoms with E-state index in [-0.39, 0.29) is 36.6 Å². The molecule has 0 bridgehead atoms. The third-order valence-electron chi connectivity index (χ3n) is 3.19. The number of hydrogen-bond donors (Lipinski definition) is 2. The van der Waals surface area contributed by atoms with Gasteiger partial charge in [0, 0.05) is 19.6 Å². The summed E-state index contributed by atoms with van der Waals surface area (Å²) in [6.07, 6.45) is 2.00. The van der Waals surface area contributed by atoms with Gasteiger partial charge in [0.2, 0.25) is 0 Å². The van der Waals surface area contributed by atoms with Gasteiger partial charge >= 0.3 is 5.97 Å². The van der Waals surface area contributed by atoms with Gasteiger partial charge in [0.25, 0.3) is 0 Å². The van der Waals surface area contributed by atoms with Crippen LogP contribution in [0.1, 0.15) is 18.9 Å². The summed E-state index contributed by atoms with van der Waals surface area (Å²) in [4.78, 5) is 15.6. The molecule has 1 aromatic rings. The van der Waals surface area contributed by atoms with Crippen molar-refractivity contribution in [3.63, 3.8) is 0 Å². The number of esters is 1. The number of guanidine groups is 1. The molecule has 2 N–H and O–H groups in total. The molecule has 0 saturated carbocycles. The Kier molecular flexibility index (Phi) is 9.42. The molecular formula is C16H24IN3O3. The van der Waals surface area contributed by atoms with Gasteiger partial charge in [-0.05, 0) is 37.5 Å². The van der Waals surface area contributed by atoms with Crippen LogP contribution >= 0.6 is 24.0 Å². The SMILES string of the molecule is CCOC(=O)COc1ccc(CCNC2=NCCCN2)cc1.I. The molecule has 1 aliphatic heterocycles. The first kappa shape index (κ1) is 19.5. The fourth-order valence-electron chi connectivity index (χ4n) is 2.07. The van der Waals surface area contributed by atoms with Crippen LogP contribution < -0.4 is 15.4 Å². The molecule has 0 fully saturated rings. The molecule has 6 nitrogen and oxygen atoms in total. The maximum Gasteiger partial charge on any atom is 0.344 e. The second kappa shape index (κ2) is 11.1. The molecule has 7 heteroatoms. The predicted molar refractivity (Wildman–Crippen MR) is 101 cm³/mol. The first-order chi connectivity index (χ1) is 10.8. The lowest BCUT2D eigenvalue weighted by Crippen LogP contribution is -2.41. The van der Waals surface area contributed by atoms with Crippen molar-refractivity contribution in [2.45, 2.75) is 19.8 Å². The van der Waals surface area contributed by atoms with Crippen molar-refractivity contribution in [3.8, 4) is 5.75 Å². The Balaban J connectivity index is 0.00000264. The average Bonchev–Trinajstić information content (AvgIpc) is 2.55. The summed E-state index contributed by atoms with van der Waals surface area (Å²) in [5, 5.41) is 6.51. The van der Waals surface area contributed by atoms with E-state index < -0.39 is 0 Å². The number of rotatable bonds is 7. The predicted octanol–water partition coefficient (Wildman–Crippen LogP) is 1.73. The highest BCUT2D eigenvalue weighted by molar-refractivity contribution is 14.0. The molecule has 0 unspecified atom stereocenters. The van der Waals surface area contributed by atoms with Crippen LogP contribution in [0, 0.1) is 0 Å². The maximum absolute atomic E-state index is 11.2. The molecular weight excluding hydrogens is 409 g/mol. The third kappa shape index (κ3) is 7.54. The zero-order valence-corrected chi connectivity index (χ0v) is 15.7. The zero-order chi connectivity index (χ0) is 15.6. The Bertz CT molecular complexity index is 506. The van der Waals surface area contributed by atoms with Crippen molar-refractivity contribution < 1.29 is 14.3 Å². The van der Waals surface area contributed by atoms with Crippen LogP contribution in [-0.4, -0.2) is 44.8 Å². The van der Waals surface area contributed by atoms with Gasteiger partial charge in [-0.25, -0.2) is 4.79 Å². The number of carbonyl (C=O) groups excluding carboxylic acids is 1. The standard InChI is InChI=1S/C16H23N3O3.HI/c1-2-21-15(20)12-22-14-6-4-13(5-7-14)8-11-19-16-17-9-3-10-18-16;/h4-7H,2-3,8-12H2,1H3,(H2,17,18,19);1H. The van der Waals surface area contributed by atoms with Gasteiger partial charge in [-0.1, -0.05) is 12.1 Å². The van der Waals surface area contributed by atoms with E-state index in [2.05, 4.69) is 15.6 Å². The average molecular weight is 433 g/mol. The van der Waals surface area contributed by atoms with Crippen molar-refractivity contribution in [3.05, 3.63) is 29.8 Å². The van der Waals surface area contributed by atoms with Crippen LogP contribution in [0.2, 0.25) is 0 Å². The lowest BCUT2D eigenvalue weighted by molar-refractivity contribution is -0.145. The first-order valence-corrected chi connectivity index (χ1v) is 7.67. The van der Waals surface area contributed by atoms with Crippen molar-refractivity contribution in [2.75, 3.05) is 32.8 Å². The van der Waals surface area contributed by atoms with Crippen molar-refractivity contribution in [2.24, 2.45) is 4.99 Å². The Labute approximate surface area is 154 Å². The van der Waals surface area contributed by atoms with E-state index in [0.717, 1.165) is 38.4 Å². The summed E-state index contributed by atoms with van der Waals surface area (Å²) in [6.45, 7) is 4.79. The lowest BCUT2D eigenvalue weighted by atomic mass is 10.1. The third-order valence-corrected chi connectivity index (χ3v) is 3.19. The van der Waals surface area contributed by atoms with E-state index in [1.165, 1.54) is 5.56 Å². The van der Waals surface area contributed by atoms with Gasteiger partial charge < -0.3 is 20.1 Å². The second-order valence-electron chi connectivity index (χ2n) is 4.93. The Morgan fingerprint density at radius 3 is 2.78 bits per heavy atom. The number of halogens is 1. The minimum absolute atomic E-state index is 0. The van der Waals surface area contributed by atoms with Crippen LogP contribution in [0.15, 0.2) is 29.3 Å². The highest BCUT2D eigenvalue weighted by Gasteiger charge is 2.04. The maximum atomic E-state index is 11.2. The van der Waals surface area contributed by atoms with E-state index in [4.69, 9.17) is 9.47 Å². The van der Waals surface area contributed by atoms with Gasteiger partial charge in [0.05, 0.1) is 6.61 Å². The number of benzene rings is 1. The van der Waals surface area contributed by atoms with E-state index in [1.54, 1.807) is 6.92 Å². The first-order valence-electron chi connectivity index (χ1n) is 7.67. The topological polar surface area (TPSA) is 72.0 Å². The van der Waals surface area contributed by atoms with Gasteiger partial charge in [-0.2, -0.15) is 0 Å². The van der Waals surface area contributed by atoms with Gasteiger partial charge in [0.1, 0.15) is 5.75 Å². The van der Waals surface area contributed by atoms with Crippen LogP contribution in [0.4, 0.5) is 0 Å². The quantitative estimate of drug-likeness (QED) is 0.507. The molecule has 2 rings (SSSR count). The van der Waals surface area contributed by atoms with E-state index in [0.29, 0.717) is 12.4 Å². The number of hydrogen-bond acceptors (Lipinski definition) is 6. The molecule has 128 valence electrons.